The first-order chi connectivity index (χ1) is 6.68. The standard InChI is InChI=1S/C11H24N2O/c1-9(14)4-3-7-13-11-6-2-5-10(12)8-11/h9-11,13-14H,2-8,12H2,1H3. The average molecular weight is 200 g/mol. The van der Waals surface area contributed by atoms with Crippen LogP contribution in [0.4, 0.5) is 0 Å². The van der Waals surface area contributed by atoms with Crippen LogP contribution in [-0.2, 0) is 0 Å². The Morgan fingerprint density at radius 2 is 2.29 bits per heavy atom. The summed E-state index contributed by atoms with van der Waals surface area (Å²) in [7, 11) is 0. The first kappa shape index (κ1) is 12.0. The second-order valence-corrected chi connectivity index (χ2v) is 4.57. The molecule has 0 radical (unpaired) electrons. The Bertz CT molecular complexity index is 150. The summed E-state index contributed by atoms with van der Waals surface area (Å²) < 4.78 is 0. The monoisotopic (exact) mass is 200 g/mol. The zero-order chi connectivity index (χ0) is 10.4. The van der Waals surface area contributed by atoms with Gasteiger partial charge in [0.2, 0.25) is 0 Å². The lowest BCUT2D eigenvalue weighted by atomic mass is 9.91. The Morgan fingerprint density at radius 3 is 2.93 bits per heavy atom. The van der Waals surface area contributed by atoms with E-state index in [0.717, 1.165) is 25.8 Å². The molecule has 0 spiro atoms. The van der Waals surface area contributed by atoms with Gasteiger partial charge in [0.15, 0.2) is 0 Å². The highest BCUT2D eigenvalue weighted by Crippen LogP contribution is 2.16. The minimum atomic E-state index is -0.162. The topological polar surface area (TPSA) is 58.3 Å². The number of nitrogens with two attached hydrogens (primary N) is 1. The van der Waals surface area contributed by atoms with Gasteiger partial charge in [0.25, 0.3) is 0 Å². The third-order valence-electron chi connectivity index (χ3n) is 2.95. The lowest BCUT2D eigenvalue weighted by Crippen LogP contribution is -2.39. The predicted molar refractivity (Wildman–Crippen MR) is 59.1 cm³/mol. The van der Waals surface area contributed by atoms with Crippen molar-refractivity contribution in [3.8, 4) is 0 Å². The molecular formula is C11H24N2O. The molecule has 3 heteroatoms. The second kappa shape index (κ2) is 6.38. The summed E-state index contributed by atoms with van der Waals surface area (Å²) in [4.78, 5) is 0. The van der Waals surface area contributed by atoms with Crippen molar-refractivity contribution >= 4 is 0 Å². The first-order valence-corrected chi connectivity index (χ1v) is 5.85. The summed E-state index contributed by atoms with van der Waals surface area (Å²) in [5, 5.41) is 12.6. The number of aliphatic hydroxyl groups excluding tert-OH is 1. The first-order valence-electron chi connectivity index (χ1n) is 5.85. The number of nitrogens with one attached hydrogen (secondary N) is 1. The Hall–Kier alpha value is -0.120. The molecule has 3 unspecified atom stereocenters. The van der Waals surface area contributed by atoms with Gasteiger partial charge in [-0.15, -0.1) is 0 Å². The summed E-state index contributed by atoms with van der Waals surface area (Å²) >= 11 is 0. The van der Waals surface area contributed by atoms with Crippen LogP contribution in [0.15, 0.2) is 0 Å². The Balaban J connectivity index is 2.00. The van der Waals surface area contributed by atoms with Crippen molar-refractivity contribution in [1.82, 2.24) is 5.32 Å². The minimum Gasteiger partial charge on any atom is -0.393 e. The molecule has 0 aromatic carbocycles. The van der Waals surface area contributed by atoms with Crippen LogP contribution in [0.1, 0.15) is 45.4 Å². The summed E-state index contributed by atoms with van der Waals surface area (Å²) in [6.45, 7) is 2.86. The Kier molecular flexibility index (Phi) is 5.45. The fourth-order valence-corrected chi connectivity index (χ4v) is 2.12. The molecule has 1 aliphatic carbocycles. The van der Waals surface area contributed by atoms with E-state index in [1.165, 1.54) is 19.3 Å². The van der Waals surface area contributed by atoms with Crippen molar-refractivity contribution in [2.45, 2.75) is 63.6 Å². The van der Waals surface area contributed by atoms with Gasteiger partial charge in [-0.1, -0.05) is 6.42 Å². The van der Waals surface area contributed by atoms with Crippen LogP contribution in [-0.4, -0.2) is 29.8 Å². The zero-order valence-electron chi connectivity index (χ0n) is 9.21. The molecule has 84 valence electrons. The molecular weight excluding hydrogens is 176 g/mol. The van der Waals surface area contributed by atoms with Gasteiger partial charge >= 0.3 is 0 Å². The maximum atomic E-state index is 9.08. The fourth-order valence-electron chi connectivity index (χ4n) is 2.12. The van der Waals surface area contributed by atoms with Gasteiger partial charge in [-0.3, -0.25) is 0 Å². The van der Waals surface area contributed by atoms with Crippen molar-refractivity contribution in [2.75, 3.05) is 6.54 Å². The van der Waals surface area contributed by atoms with E-state index in [2.05, 4.69) is 5.32 Å². The summed E-state index contributed by atoms with van der Waals surface area (Å²) in [6.07, 6.45) is 6.62. The molecule has 1 fully saturated rings. The maximum absolute atomic E-state index is 9.08. The predicted octanol–water partition coefficient (Wildman–Crippen LogP) is 1.01. The fraction of sp³-hybridized carbons (Fsp3) is 1.00. The van der Waals surface area contributed by atoms with E-state index in [1.807, 2.05) is 6.92 Å². The SMILES string of the molecule is CC(O)CCCNC1CCCC(N)C1. The van der Waals surface area contributed by atoms with Crippen LogP contribution in [0, 0.1) is 0 Å². The van der Waals surface area contributed by atoms with Gasteiger partial charge in [-0.25, -0.2) is 0 Å². The largest absolute Gasteiger partial charge is 0.393 e. The van der Waals surface area contributed by atoms with E-state index in [1.54, 1.807) is 0 Å². The maximum Gasteiger partial charge on any atom is 0.0512 e. The lowest BCUT2D eigenvalue weighted by Gasteiger charge is -2.27. The van der Waals surface area contributed by atoms with Crippen molar-refractivity contribution < 1.29 is 5.11 Å². The van der Waals surface area contributed by atoms with E-state index < -0.39 is 0 Å². The third-order valence-corrected chi connectivity index (χ3v) is 2.95. The van der Waals surface area contributed by atoms with Crippen LogP contribution < -0.4 is 11.1 Å². The molecule has 0 heterocycles. The highest BCUT2D eigenvalue weighted by Gasteiger charge is 2.17. The molecule has 0 saturated heterocycles. The van der Waals surface area contributed by atoms with Gasteiger partial charge < -0.3 is 16.2 Å². The molecule has 0 amide bonds. The van der Waals surface area contributed by atoms with Crippen LogP contribution in [0.2, 0.25) is 0 Å². The molecule has 3 atom stereocenters. The van der Waals surface area contributed by atoms with E-state index in [9.17, 15) is 0 Å². The van der Waals surface area contributed by atoms with Gasteiger partial charge in [-0.05, 0) is 45.6 Å². The van der Waals surface area contributed by atoms with Gasteiger partial charge in [0.1, 0.15) is 0 Å². The molecule has 1 aliphatic rings. The van der Waals surface area contributed by atoms with E-state index in [-0.39, 0.29) is 6.10 Å². The molecule has 0 bridgehead atoms. The lowest BCUT2D eigenvalue weighted by molar-refractivity contribution is 0.180. The van der Waals surface area contributed by atoms with Crippen LogP contribution in [0.25, 0.3) is 0 Å². The van der Waals surface area contributed by atoms with Crippen LogP contribution in [0.5, 0.6) is 0 Å². The van der Waals surface area contributed by atoms with E-state index >= 15 is 0 Å². The molecule has 1 rings (SSSR count). The minimum absolute atomic E-state index is 0.162. The smallest absolute Gasteiger partial charge is 0.0512 e. The average Bonchev–Trinajstić information content (AvgIpc) is 2.12. The normalized spacial score (nSPS) is 30.2. The molecule has 3 nitrogen and oxygen atoms in total. The number of aliphatic hydroxyl groups is 1. The highest BCUT2D eigenvalue weighted by atomic mass is 16.3. The summed E-state index contributed by atoms with van der Waals surface area (Å²) in [6, 6.07) is 1.02. The molecule has 14 heavy (non-hydrogen) atoms. The molecule has 0 aromatic heterocycles. The quantitative estimate of drug-likeness (QED) is 0.580. The number of rotatable bonds is 5. The van der Waals surface area contributed by atoms with Crippen molar-refractivity contribution in [3.05, 3.63) is 0 Å². The molecule has 1 saturated carbocycles. The zero-order valence-corrected chi connectivity index (χ0v) is 9.21. The number of hydrogen-bond acceptors (Lipinski definition) is 3. The molecule has 0 aromatic rings. The van der Waals surface area contributed by atoms with Crippen LogP contribution >= 0.6 is 0 Å². The van der Waals surface area contributed by atoms with E-state index in [4.69, 9.17) is 10.8 Å². The molecule has 4 N–H and O–H groups in total. The molecule has 0 aliphatic heterocycles. The van der Waals surface area contributed by atoms with Crippen molar-refractivity contribution in [1.29, 1.82) is 0 Å². The highest BCUT2D eigenvalue weighted by molar-refractivity contribution is 4.79. The Labute approximate surface area is 87.1 Å². The van der Waals surface area contributed by atoms with Crippen molar-refractivity contribution in [3.63, 3.8) is 0 Å². The summed E-state index contributed by atoms with van der Waals surface area (Å²) in [5.41, 5.74) is 5.90. The van der Waals surface area contributed by atoms with Crippen LogP contribution in [0.3, 0.4) is 0 Å². The third kappa shape index (κ3) is 4.94. The Morgan fingerprint density at radius 1 is 1.50 bits per heavy atom. The van der Waals surface area contributed by atoms with Gasteiger partial charge in [0, 0.05) is 12.1 Å². The summed E-state index contributed by atoms with van der Waals surface area (Å²) in [5.74, 6) is 0. The van der Waals surface area contributed by atoms with E-state index in [0.29, 0.717) is 12.1 Å². The van der Waals surface area contributed by atoms with Gasteiger partial charge in [-0.2, -0.15) is 0 Å². The second-order valence-electron chi connectivity index (χ2n) is 4.57. The van der Waals surface area contributed by atoms with Gasteiger partial charge in [0.05, 0.1) is 6.10 Å². The van der Waals surface area contributed by atoms with Crippen molar-refractivity contribution in [2.24, 2.45) is 5.73 Å². The number of hydrogen-bond donors (Lipinski definition) is 3.